The van der Waals surface area contributed by atoms with Gasteiger partial charge in [0.25, 0.3) is 21.6 Å². The number of aliphatic hydroxyl groups excluding tert-OH is 1. The summed E-state index contributed by atoms with van der Waals surface area (Å²) in [6, 6.07) is 24.7. The zero-order valence-electron chi connectivity index (χ0n) is 21.9. The molecule has 0 aromatic heterocycles. The van der Waals surface area contributed by atoms with Gasteiger partial charge in [-0.1, -0.05) is 42.5 Å². The van der Waals surface area contributed by atoms with Crippen LogP contribution in [0.4, 0.5) is 11.4 Å². The van der Waals surface area contributed by atoms with E-state index in [9.17, 15) is 28.4 Å². The van der Waals surface area contributed by atoms with Gasteiger partial charge >= 0.3 is 0 Å². The van der Waals surface area contributed by atoms with E-state index >= 15 is 0 Å². The summed E-state index contributed by atoms with van der Waals surface area (Å²) in [5.41, 5.74) is 1.94. The van der Waals surface area contributed by atoms with Crippen LogP contribution in [0.25, 0.3) is 11.1 Å². The number of benzene rings is 4. The van der Waals surface area contributed by atoms with Crippen molar-refractivity contribution in [1.29, 1.82) is 0 Å². The van der Waals surface area contributed by atoms with Gasteiger partial charge in [-0.25, -0.2) is 13.1 Å². The highest BCUT2D eigenvalue weighted by atomic mass is 32.2. The van der Waals surface area contributed by atoms with Crippen molar-refractivity contribution in [3.05, 3.63) is 112 Å². The Balaban J connectivity index is 1.47. The lowest BCUT2D eigenvalue weighted by Crippen LogP contribution is -2.30. The molecule has 41 heavy (non-hydrogen) atoms. The second-order valence-corrected chi connectivity index (χ2v) is 11.6. The number of thioether (sulfide) groups is 1. The van der Waals surface area contributed by atoms with Gasteiger partial charge in [-0.3, -0.25) is 14.9 Å². The average molecular weight is 594 g/mol. The van der Waals surface area contributed by atoms with Crippen molar-refractivity contribution in [2.24, 2.45) is 0 Å². The molecule has 0 aliphatic carbocycles. The van der Waals surface area contributed by atoms with Crippen molar-refractivity contribution < 1.29 is 28.0 Å². The number of aliphatic hydroxyl groups is 1. The third-order valence-corrected chi connectivity index (χ3v) is 8.39. The van der Waals surface area contributed by atoms with Crippen molar-refractivity contribution in [1.82, 2.24) is 4.72 Å². The fraction of sp³-hybridized carbons (Fsp3) is 0.138. The summed E-state index contributed by atoms with van der Waals surface area (Å²) >= 11 is 1.58. The van der Waals surface area contributed by atoms with Crippen molar-refractivity contribution in [3.8, 4) is 16.9 Å². The lowest BCUT2D eigenvalue weighted by molar-refractivity contribution is -0.384. The highest BCUT2D eigenvalue weighted by Crippen LogP contribution is 2.32. The topological polar surface area (TPSA) is 148 Å². The Kier molecular flexibility index (Phi) is 9.61. The first-order chi connectivity index (χ1) is 19.7. The Morgan fingerprint density at radius 3 is 2.39 bits per heavy atom. The molecule has 0 heterocycles. The molecule has 3 N–H and O–H groups in total. The summed E-state index contributed by atoms with van der Waals surface area (Å²) < 4.78 is 33.4. The number of anilines is 1. The first-order valence-electron chi connectivity index (χ1n) is 12.4. The molecule has 4 rings (SSSR count). The van der Waals surface area contributed by atoms with E-state index in [0.717, 1.165) is 22.1 Å². The summed E-state index contributed by atoms with van der Waals surface area (Å²) in [7, 11) is -3.01. The zero-order chi connectivity index (χ0) is 29.4. The molecule has 0 bridgehead atoms. The minimum Gasteiger partial charge on any atom is -0.496 e. The number of rotatable bonds is 12. The molecule has 0 atom stereocenters. The average Bonchev–Trinajstić information content (AvgIpc) is 2.99. The highest BCUT2D eigenvalue weighted by Gasteiger charge is 2.24. The van der Waals surface area contributed by atoms with Crippen molar-refractivity contribution in [2.45, 2.75) is 16.4 Å². The van der Waals surface area contributed by atoms with Crippen LogP contribution in [0, 0.1) is 10.1 Å². The number of nitro benzene ring substituents is 1. The number of nitrogens with zero attached hydrogens (tertiary/aromatic N) is 1. The van der Waals surface area contributed by atoms with Gasteiger partial charge in [-0.2, -0.15) is 0 Å². The first-order valence-corrected chi connectivity index (χ1v) is 14.8. The van der Waals surface area contributed by atoms with E-state index in [4.69, 9.17) is 4.74 Å². The number of sulfonamides is 1. The fourth-order valence-corrected chi connectivity index (χ4v) is 5.73. The van der Waals surface area contributed by atoms with Crippen LogP contribution < -0.4 is 14.8 Å². The molecule has 0 aliphatic heterocycles. The van der Waals surface area contributed by atoms with Crippen LogP contribution in [0.3, 0.4) is 0 Å². The van der Waals surface area contributed by atoms with Crippen molar-refractivity contribution in [3.63, 3.8) is 0 Å². The number of nitro groups is 1. The SMILES string of the molecule is COc1cc(C(=O)NS(=O)(=O)c2ccc(NCCSc3ccccc3)c([N+](=O)[O-])c2)ccc1-c1ccc(CO)cc1. The zero-order valence-corrected chi connectivity index (χ0v) is 23.6. The number of hydrogen-bond donors (Lipinski definition) is 3. The molecule has 212 valence electrons. The van der Waals surface area contributed by atoms with E-state index in [1.165, 1.54) is 31.4 Å². The molecule has 0 saturated carbocycles. The lowest BCUT2D eigenvalue weighted by atomic mass is 10.0. The number of ether oxygens (including phenoxy) is 1. The second kappa shape index (κ2) is 13.3. The van der Waals surface area contributed by atoms with Crippen LogP contribution in [-0.4, -0.2) is 43.8 Å². The Morgan fingerprint density at radius 1 is 1.00 bits per heavy atom. The molecule has 12 heteroatoms. The van der Waals surface area contributed by atoms with Crippen LogP contribution in [0.2, 0.25) is 0 Å². The van der Waals surface area contributed by atoms with Crippen LogP contribution in [-0.2, 0) is 16.6 Å². The standard InChI is InChI=1S/C29H27N3O7S2/c1-39-28-17-22(11-13-25(28)21-9-7-20(19-33)8-10-21)29(34)31-41(37,38)24-12-14-26(27(18-24)32(35)36)30-15-16-40-23-5-3-2-4-6-23/h2-14,17-18,30,33H,15-16,19H2,1H3,(H,31,34). The first kappa shape index (κ1) is 29.6. The number of methoxy groups -OCH3 is 1. The summed E-state index contributed by atoms with van der Waals surface area (Å²) in [5, 5.41) is 23.9. The van der Waals surface area contributed by atoms with Crippen LogP contribution in [0.15, 0.2) is 101 Å². The predicted molar refractivity (Wildman–Crippen MR) is 158 cm³/mol. The van der Waals surface area contributed by atoms with Gasteiger partial charge in [0, 0.05) is 34.4 Å². The number of carbonyl (C=O) groups is 1. The van der Waals surface area contributed by atoms with Gasteiger partial charge in [0.1, 0.15) is 11.4 Å². The second-order valence-electron chi connectivity index (χ2n) is 8.73. The molecular formula is C29H27N3O7S2. The maximum absolute atomic E-state index is 13.0. The lowest BCUT2D eigenvalue weighted by Gasteiger charge is -2.13. The van der Waals surface area contributed by atoms with E-state index < -0.39 is 31.4 Å². The number of nitrogens with one attached hydrogen (secondary N) is 2. The number of hydrogen-bond acceptors (Lipinski definition) is 9. The van der Waals surface area contributed by atoms with E-state index in [1.54, 1.807) is 42.1 Å². The van der Waals surface area contributed by atoms with Crippen LogP contribution in [0.1, 0.15) is 15.9 Å². The minimum absolute atomic E-state index is 0.0184. The Bertz CT molecular complexity index is 1650. The largest absolute Gasteiger partial charge is 0.496 e. The Morgan fingerprint density at radius 2 is 1.73 bits per heavy atom. The van der Waals surface area contributed by atoms with Gasteiger partial charge in [0.05, 0.1) is 23.5 Å². The normalized spacial score (nSPS) is 11.1. The van der Waals surface area contributed by atoms with E-state index in [0.29, 0.717) is 23.6 Å². The van der Waals surface area contributed by atoms with Crippen molar-refractivity contribution in [2.75, 3.05) is 24.7 Å². The summed E-state index contributed by atoms with van der Waals surface area (Å²) in [6.45, 7) is 0.313. The highest BCUT2D eigenvalue weighted by molar-refractivity contribution is 7.99. The molecule has 0 aliphatic rings. The number of carbonyl (C=O) groups excluding carboxylic acids is 1. The number of amides is 1. The van der Waals surface area contributed by atoms with Crippen LogP contribution in [0.5, 0.6) is 5.75 Å². The third kappa shape index (κ3) is 7.42. The van der Waals surface area contributed by atoms with Gasteiger partial charge in [0.2, 0.25) is 0 Å². The maximum Gasteiger partial charge on any atom is 0.293 e. The molecule has 4 aromatic rings. The van der Waals surface area contributed by atoms with Gasteiger partial charge < -0.3 is 15.2 Å². The van der Waals surface area contributed by atoms with E-state index in [-0.39, 0.29) is 17.9 Å². The molecule has 0 spiro atoms. The fourth-order valence-electron chi connectivity index (χ4n) is 3.95. The monoisotopic (exact) mass is 593 g/mol. The molecule has 10 nitrogen and oxygen atoms in total. The molecule has 0 fully saturated rings. The van der Waals surface area contributed by atoms with Gasteiger partial charge in [-0.15, -0.1) is 11.8 Å². The van der Waals surface area contributed by atoms with E-state index in [1.807, 2.05) is 35.1 Å². The van der Waals surface area contributed by atoms with Gasteiger partial charge in [0.15, 0.2) is 0 Å². The Labute approximate surface area is 241 Å². The Hall–Kier alpha value is -4.39. The summed E-state index contributed by atoms with van der Waals surface area (Å²) in [6.07, 6.45) is 0. The summed E-state index contributed by atoms with van der Waals surface area (Å²) in [4.78, 5) is 24.6. The smallest absolute Gasteiger partial charge is 0.293 e. The van der Waals surface area contributed by atoms with Crippen molar-refractivity contribution >= 4 is 39.1 Å². The molecule has 0 saturated heterocycles. The quantitative estimate of drug-likeness (QED) is 0.0884. The molecule has 0 unspecified atom stereocenters. The molecule has 4 aromatic carbocycles. The van der Waals surface area contributed by atoms with Crippen LogP contribution >= 0.6 is 11.8 Å². The molecule has 0 radical (unpaired) electrons. The maximum atomic E-state index is 13.0. The minimum atomic E-state index is -4.43. The van der Waals surface area contributed by atoms with E-state index in [2.05, 4.69) is 5.32 Å². The molecule has 1 amide bonds. The third-order valence-electron chi connectivity index (χ3n) is 6.04. The predicted octanol–water partition coefficient (Wildman–Crippen LogP) is 5.09. The molecular weight excluding hydrogens is 566 g/mol. The van der Waals surface area contributed by atoms with Gasteiger partial charge in [-0.05, 0) is 53.6 Å². The summed E-state index contributed by atoms with van der Waals surface area (Å²) in [5.74, 6) is 0.0459.